The summed E-state index contributed by atoms with van der Waals surface area (Å²) in [5.74, 6) is 2.13. The van der Waals surface area contributed by atoms with Gasteiger partial charge < -0.3 is 29.4 Å². The van der Waals surface area contributed by atoms with Crippen LogP contribution in [0.4, 0.5) is 0 Å². The van der Waals surface area contributed by atoms with Gasteiger partial charge in [-0.25, -0.2) is 0 Å². The molecule has 2 fully saturated rings. The molecule has 2 aliphatic carbocycles. The van der Waals surface area contributed by atoms with Crippen molar-refractivity contribution in [2.75, 3.05) is 117 Å². The molecule has 43 heavy (non-hydrogen) atoms. The minimum absolute atomic E-state index is 0.127. The third-order valence-electron chi connectivity index (χ3n) is 7.83. The van der Waals surface area contributed by atoms with Crippen LogP contribution in [0.1, 0.15) is 98.8 Å². The van der Waals surface area contributed by atoms with Crippen molar-refractivity contribution in [2.24, 2.45) is 17.3 Å². The van der Waals surface area contributed by atoms with Crippen molar-refractivity contribution in [3.8, 4) is 0 Å². The molecular formula is C36H82N6O. The SMILES string of the molecule is CCN(C)C.CCN(C)C(C)=O.CN(C)CC(C)(C)CN(C)C.CN(C)CC1CCCCC1.CN(C)CC1CCCCC1. The third-order valence-corrected chi connectivity index (χ3v) is 7.83. The number of amides is 1. The van der Waals surface area contributed by atoms with Gasteiger partial charge in [-0.15, -0.1) is 0 Å². The Bertz CT molecular complexity index is 559. The van der Waals surface area contributed by atoms with Crippen molar-refractivity contribution in [3.63, 3.8) is 0 Å². The fraction of sp³-hybridized carbons (Fsp3) is 0.972. The zero-order chi connectivity index (χ0) is 34.0. The molecule has 7 heteroatoms. The smallest absolute Gasteiger partial charge is 0.219 e. The molecule has 0 spiro atoms. The van der Waals surface area contributed by atoms with Crippen LogP contribution >= 0.6 is 0 Å². The number of hydrogen-bond acceptors (Lipinski definition) is 6. The highest BCUT2D eigenvalue weighted by Crippen LogP contribution is 2.24. The van der Waals surface area contributed by atoms with Crippen molar-refractivity contribution in [1.29, 1.82) is 0 Å². The molecule has 7 nitrogen and oxygen atoms in total. The highest BCUT2D eigenvalue weighted by Gasteiger charge is 2.19. The minimum Gasteiger partial charge on any atom is -0.346 e. The van der Waals surface area contributed by atoms with E-state index in [-0.39, 0.29) is 5.91 Å². The molecule has 0 bridgehead atoms. The van der Waals surface area contributed by atoms with Gasteiger partial charge in [-0.3, -0.25) is 4.79 Å². The van der Waals surface area contributed by atoms with Gasteiger partial charge in [0.1, 0.15) is 0 Å². The lowest BCUT2D eigenvalue weighted by Gasteiger charge is -2.30. The summed E-state index contributed by atoms with van der Waals surface area (Å²) >= 11 is 0. The first-order valence-corrected chi connectivity index (χ1v) is 17.3. The van der Waals surface area contributed by atoms with E-state index >= 15 is 0 Å². The maximum Gasteiger partial charge on any atom is 0.219 e. The molecular weight excluding hydrogens is 532 g/mol. The van der Waals surface area contributed by atoms with Crippen LogP contribution in [0.25, 0.3) is 0 Å². The Morgan fingerprint density at radius 3 is 1.00 bits per heavy atom. The standard InChI is InChI=1S/C9H22N2.2C9H19N.C5H11NO.C4H11N/c1-9(2,7-10(3)4)8-11(5)6;2*1-10(2)8-9-6-4-3-5-7-9;1-4-6(3)5(2)7;1-4-5(2)3/h7-8H2,1-6H3;2*9H,3-8H2,1-2H3;4H2,1-3H3;4H2,1-3H3. The van der Waals surface area contributed by atoms with Crippen LogP contribution in [0.3, 0.4) is 0 Å². The second-order valence-electron chi connectivity index (χ2n) is 15.1. The molecule has 262 valence electrons. The molecule has 0 aliphatic heterocycles. The summed E-state index contributed by atoms with van der Waals surface area (Å²) in [6.45, 7) is 17.1. The van der Waals surface area contributed by atoms with Gasteiger partial charge in [0, 0.05) is 46.7 Å². The first-order valence-electron chi connectivity index (χ1n) is 17.3. The van der Waals surface area contributed by atoms with Gasteiger partial charge in [0.15, 0.2) is 0 Å². The minimum atomic E-state index is 0.127. The number of rotatable bonds is 10. The molecule has 0 atom stereocenters. The van der Waals surface area contributed by atoms with E-state index in [2.05, 4.69) is 116 Å². The first kappa shape index (κ1) is 46.7. The third kappa shape index (κ3) is 37.4. The Morgan fingerprint density at radius 1 is 0.535 bits per heavy atom. The first-order chi connectivity index (χ1) is 19.9. The predicted molar refractivity (Wildman–Crippen MR) is 194 cm³/mol. The number of carbonyl (C=O) groups is 1. The van der Waals surface area contributed by atoms with Crippen LogP contribution in [0.2, 0.25) is 0 Å². The lowest BCUT2D eigenvalue weighted by Crippen LogP contribution is -2.37. The van der Waals surface area contributed by atoms with Crippen LogP contribution in [0.15, 0.2) is 0 Å². The van der Waals surface area contributed by atoms with Gasteiger partial charge >= 0.3 is 0 Å². The van der Waals surface area contributed by atoms with E-state index < -0.39 is 0 Å². The maximum atomic E-state index is 10.3. The van der Waals surface area contributed by atoms with E-state index in [0.717, 1.165) is 38.0 Å². The molecule has 0 aromatic heterocycles. The van der Waals surface area contributed by atoms with Gasteiger partial charge in [-0.05, 0) is 127 Å². The van der Waals surface area contributed by atoms with E-state index in [1.54, 1.807) is 18.9 Å². The summed E-state index contributed by atoms with van der Waals surface area (Å²) in [5, 5.41) is 0. The topological polar surface area (TPSA) is 36.5 Å². The lowest BCUT2D eigenvalue weighted by atomic mass is 9.89. The average molecular weight is 615 g/mol. The normalized spacial score (nSPS) is 16.0. The van der Waals surface area contributed by atoms with Crippen molar-refractivity contribution in [1.82, 2.24) is 29.4 Å². The summed E-state index contributed by atoms with van der Waals surface area (Å²) in [5.41, 5.74) is 0.396. The van der Waals surface area contributed by atoms with Crippen LogP contribution in [0, 0.1) is 17.3 Å². The Labute approximate surface area is 272 Å². The second kappa shape index (κ2) is 28.7. The summed E-state index contributed by atoms with van der Waals surface area (Å²) < 4.78 is 0. The van der Waals surface area contributed by atoms with Crippen molar-refractivity contribution >= 4 is 5.91 Å². The van der Waals surface area contributed by atoms with E-state index in [9.17, 15) is 4.79 Å². The van der Waals surface area contributed by atoms with Crippen LogP contribution < -0.4 is 0 Å². The molecule has 2 rings (SSSR count). The van der Waals surface area contributed by atoms with Crippen molar-refractivity contribution in [3.05, 3.63) is 0 Å². The molecule has 2 aliphatic rings. The monoisotopic (exact) mass is 615 g/mol. The molecule has 0 saturated heterocycles. The molecule has 0 heterocycles. The van der Waals surface area contributed by atoms with E-state index in [1.807, 2.05) is 6.92 Å². The highest BCUT2D eigenvalue weighted by atomic mass is 16.2. The molecule has 0 unspecified atom stereocenters. The fourth-order valence-corrected chi connectivity index (χ4v) is 5.76. The molecule has 0 aromatic rings. The summed E-state index contributed by atoms with van der Waals surface area (Å²) in [6, 6.07) is 0. The Morgan fingerprint density at radius 2 is 0.837 bits per heavy atom. The van der Waals surface area contributed by atoms with Gasteiger partial charge in [0.2, 0.25) is 5.91 Å². The molecule has 1 amide bonds. The van der Waals surface area contributed by atoms with E-state index in [4.69, 9.17) is 0 Å². The predicted octanol–water partition coefficient (Wildman–Crippen LogP) is 6.44. The van der Waals surface area contributed by atoms with Crippen LogP contribution in [-0.4, -0.2) is 152 Å². The molecule has 2 saturated carbocycles. The van der Waals surface area contributed by atoms with E-state index in [1.165, 1.54) is 77.3 Å². The quantitative estimate of drug-likeness (QED) is 0.282. The van der Waals surface area contributed by atoms with Gasteiger partial charge in [-0.1, -0.05) is 59.3 Å². The number of carbonyl (C=O) groups excluding carboxylic acids is 1. The van der Waals surface area contributed by atoms with Gasteiger partial charge in [-0.2, -0.15) is 0 Å². The summed E-state index contributed by atoms with van der Waals surface area (Å²) in [4.78, 5) is 23.2. The van der Waals surface area contributed by atoms with Gasteiger partial charge in [0.25, 0.3) is 0 Å². The van der Waals surface area contributed by atoms with Crippen molar-refractivity contribution < 1.29 is 4.79 Å². The number of hydrogen-bond donors (Lipinski definition) is 0. The van der Waals surface area contributed by atoms with E-state index in [0.29, 0.717) is 5.41 Å². The number of nitrogens with zero attached hydrogens (tertiary/aromatic N) is 6. The highest BCUT2D eigenvalue weighted by molar-refractivity contribution is 5.72. The average Bonchev–Trinajstić information content (AvgIpc) is 2.88. The Balaban J connectivity index is -0.000000476. The van der Waals surface area contributed by atoms with Crippen molar-refractivity contribution in [2.45, 2.75) is 98.8 Å². The zero-order valence-corrected chi connectivity index (χ0v) is 32.6. The summed E-state index contributed by atoms with van der Waals surface area (Å²) in [7, 11) is 23.1. The molecule has 0 radical (unpaired) electrons. The fourth-order valence-electron chi connectivity index (χ4n) is 5.76. The molecule has 0 N–H and O–H groups in total. The maximum absolute atomic E-state index is 10.3. The van der Waals surface area contributed by atoms with Crippen LogP contribution in [-0.2, 0) is 4.79 Å². The Hall–Kier alpha value is -0.730. The molecule has 0 aromatic carbocycles. The lowest BCUT2D eigenvalue weighted by molar-refractivity contribution is -0.127. The summed E-state index contributed by atoms with van der Waals surface area (Å²) in [6.07, 6.45) is 14.7. The largest absolute Gasteiger partial charge is 0.346 e. The Kier molecular flexibility index (Phi) is 31.2. The second-order valence-corrected chi connectivity index (χ2v) is 15.1. The van der Waals surface area contributed by atoms with Crippen LogP contribution in [0.5, 0.6) is 0 Å². The zero-order valence-electron chi connectivity index (χ0n) is 32.6. The van der Waals surface area contributed by atoms with Gasteiger partial charge in [0.05, 0.1) is 0 Å².